The molecule has 1 aliphatic rings. The fourth-order valence-corrected chi connectivity index (χ4v) is 5.12. The van der Waals surface area contributed by atoms with E-state index in [1.165, 1.54) is 11.1 Å². The molecule has 6 heteroatoms. The zero-order valence-corrected chi connectivity index (χ0v) is 22.4. The van der Waals surface area contributed by atoms with Crippen LogP contribution in [0.15, 0.2) is 71.1 Å². The average molecular weight is 510 g/mol. The van der Waals surface area contributed by atoms with Gasteiger partial charge in [-0.3, -0.25) is 9.59 Å². The third kappa shape index (κ3) is 5.64. The summed E-state index contributed by atoms with van der Waals surface area (Å²) in [5.74, 6) is 0.800. The number of piperidine rings is 1. The van der Waals surface area contributed by atoms with Crippen LogP contribution in [0.1, 0.15) is 53.7 Å². The lowest BCUT2D eigenvalue weighted by molar-refractivity contribution is -0.126. The van der Waals surface area contributed by atoms with Crippen molar-refractivity contribution in [3.05, 3.63) is 89.0 Å². The largest absolute Gasteiger partial charge is 0.436 e. The number of rotatable bonds is 7. The summed E-state index contributed by atoms with van der Waals surface area (Å²) in [7, 11) is 0. The number of hydrogen-bond acceptors (Lipinski definition) is 4. The molecule has 1 aliphatic heterocycles. The minimum Gasteiger partial charge on any atom is -0.436 e. The van der Waals surface area contributed by atoms with E-state index in [0.29, 0.717) is 42.2 Å². The third-order valence-electron chi connectivity index (χ3n) is 7.78. The molecule has 0 radical (unpaired) electrons. The molecule has 4 aromatic rings. The van der Waals surface area contributed by atoms with E-state index >= 15 is 0 Å². The van der Waals surface area contributed by atoms with Crippen molar-refractivity contribution in [1.82, 2.24) is 15.2 Å². The smallest absolute Gasteiger partial charge is 0.253 e. The second kappa shape index (κ2) is 11.2. The molecule has 0 aliphatic carbocycles. The first-order chi connectivity index (χ1) is 18.4. The van der Waals surface area contributed by atoms with E-state index in [4.69, 9.17) is 4.42 Å². The van der Waals surface area contributed by atoms with Crippen LogP contribution in [0.4, 0.5) is 0 Å². The summed E-state index contributed by atoms with van der Waals surface area (Å²) in [6.45, 7) is 8.01. The lowest BCUT2D eigenvalue weighted by Gasteiger charge is -2.34. The van der Waals surface area contributed by atoms with Crippen molar-refractivity contribution in [2.24, 2.45) is 11.8 Å². The number of benzene rings is 3. The van der Waals surface area contributed by atoms with Crippen LogP contribution in [0.5, 0.6) is 0 Å². The normalized spacial score (nSPS) is 15.0. The standard InChI is InChI=1S/C32H35N3O3/c1-4-23-7-9-24(10-8-23)20-33-30(36)22(3)25-15-17-35(18-16-25)32(37)27-13-14-29-28(19-27)34-31(38-29)26-11-5-21(2)6-12-26/h5-14,19,22,25H,4,15-18,20H2,1-3H3,(H,33,36). The Morgan fingerprint density at radius 3 is 2.37 bits per heavy atom. The van der Waals surface area contributed by atoms with Gasteiger partial charge in [0.25, 0.3) is 5.91 Å². The summed E-state index contributed by atoms with van der Waals surface area (Å²) in [5, 5.41) is 3.09. The topological polar surface area (TPSA) is 75.4 Å². The van der Waals surface area contributed by atoms with Gasteiger partial charge in [0.05, 0.1) is 0 Å². The summed E-state index contributed by atoms with van der Waals surface area (Å²) >= 11 is 0. The molecule has 1 atom stereocenters. The average Bonchev–Trinajstić information content (AvgIpc) is 3.39. The molecule has 1 saturated heterocycles. The van der Waals surface area contributed by atoms with Crippen LogP contribution in [0, 0.1) is 18.8 Å². The number of amides is 2. The second-order valence-electron chi connectivity index (χ2n) is 10.4. The first-order valence-electron chi connectivity index (χ1n) is 13.5. The Morgan fingerprint density at radius 2 is 1.68 bits per heavy atom. The molecule has 1 N–H and O–H groups in total. The molecule has 1 aromatic heterocycles. The van der Waals surface area contributed by atoms with Gasteiger partial charge in [-0.05, 0) is 73.6 Å². The Balaban J connectivity index is 1.16. The van der Waals surface area contributed by atoms with Gasteiger partial charge in [-0.25, -0.2) is 4.98 Å². The maximum Gasteiger partial charge on any atom is 0.253 e. The highest BCUT2D eigenvalue weighted by atomic mass is 16.3. The maximum atomic E-state index is 13.3. The molecule has 3 aromatic carbocycles. The lowest BCUT2D eigenvalue weighted by Crippen LogP contribution is -2.42. The molecule has 0 bridgehead atoms. The number of carbonyl (C=O) groups excluding carboxylic acids is 2. The van der Waals surface area contributed by atoms with Crippen molar-refractivity contribution in [3.63, 3.8) is 0 Å². The van der Waals surface area contributed by atoms with E-state index in [2.05, 4.69) is 41.5 Å². The van der Waals surface area contributed by atoms with Crippen molar-refractivity contribution >= 4 is 22.9 Å². The van der Waals surface area contributed by atoms with Crippen LogP contribution in [-0.2, 0) is 17.8 Å². The molecule has 1 fully saturated rings. The number of carbonyl (C=O) groups is 2. The highest BCUT2D eigenvalue weighted by molar-refractivity contribution is 5.97. The van der Waals surface area contributed by atoms with Crippen LogP contribution in [-0.4, -0.2) is 34.8 Å². The van der Waals surface area contributed by atoms with Gasteiger partial charge in [-0.15, -0.1) is 0 Å². The molecule has 0 saturated carbocycles. The first kappa shape index (κ1) is 25.7. The molecular formula is C32H35N3O3. The van der Waals surface area contributed by atoms with Gasteiger partial charge >= 0.3 is 0 Å². The Hall–Kier alpha value is -3.93. The molecule has 0 spiro atoms. The predicted molar refractivity (Wildman–Crippen MR) is 150 cm³/mol. The summed E-state index contributed by atoms with van der Waals surface area (Å²) in [6.07, 6.45) is 2.64. The van der Waals surface area contributed by atoms with Crippen LogP contribution < -0.4 is 5.32 Å². The summed E-state index contributed by atoms with van der Waals surface area (Å²) in [4.78, 5) is 32.6. The number of hydrogen-bond donors (Lipinski definition) is 1. The summed E-state index contributed by atoms with van der Waals surface area (Å²) < 4.78 is 5.92. The van der Waals surface area contributed by atoms with Crippen molar-refractivity contribution in [2.45, 2.75) is 46.6 Å². The Labute approximate surface area is 224 Å². The number of aryl methyl sites for hydroxylation is 2. The number of fused-ring (bicyclic) bond motifs is 1. The molecule has 1 unspecified atom stereocenters. The molecule has 2 amide bonds. The zero-order chi connectivity index (χ0) is 26.6. The highest BCUT2D eigenvalue weighted by Crippen LogP contribution is 2.28. The van der Waals surface area contributed by atoms with Crippen molar-refractivity contribution in [2.75, 3.05) is 13.1 Å². The quantitative estimate of drug-likeness (QED) is 0.323. The van der Waals surface area contributed by atoms with E-state index in [1.54, 1.807) is 0 Å². The van der Waals surface area contributed by atoms with Crippen molar-refractivity contribution in [3.8, 4) is 11.5 Å². The predicted octanol–water partition coefficient (Wildman–Crippen LogP) is 6.17. The van der Waals surface area contributed by atoms with Crippen LogP contribution in [0.3, 0.4) is 0 Å². The molecule has 38 heavy (non-hydrogen) atoms. The lowest BCUT2D eigenvalue weighted by atomic mass is 9.84. The number of oxazole rings is 1. The Bertz CT molecular complexity index is 1410. The second-order valence-corrected chi connectivity index (χ2v) is 10.4. The Morgan fingerprint density at radius 1 is 1.00 bits per heavy atom. The Kier molecular flexibility index (Phi) is 7.59. The van der Waals surface area contributed by atoms with Crippen LogP contribution >= 0.6 is 0 Å². The van der Waals surface area contributed by atoms with E-state index in [9.17, 15) is 9.59 Å². The number of aromatic nitrogens is 1. The fraction of sp³-hybridized carbons (Fsp3) is 0.344. The van der Waals surface area contributed by atoms with Crippen molar-refractivity contribution in [1.29, 1.82) is 0 Å². The zero-order valence-electron chi connectivity index (χ0n) is 22.4. The molecule has 196 valence electrons. The van der Waals surface area contributed by atoms with Gasteiger partial charge in [0.15, 0.2) is 5.58 Å². The van der Waals surface area contributed by atoms with Gasteiger partial charge in [0.2, 0.25) is 11.8 Å². The number of likely N-dealkylation sites (tertiary alicyclic amines) is 1. The first-order valence-corrected chi connectivity index (χ1v) is 13.5. The number of nitrogens with zero attached hydrogens (tertiary/aromatic N) is 2. The SMILES string of the molecule is CCc1ccc(CNC(=O)C(C)C2CCN(C(=O)c3ccc4oc(-c5ccc(C)cc5)nc4c3)CC2)cc1. The van der Waals surface area contributed by atoms with Gasteiger partial charge in [0, 0.05) is 36.7 Å². The van der Waals surface area contributed by atoms with Crippen LogP contribution in [0.2, 0.25) is 0 Å². The summed E-state index contributed by atoms with van der Waals surface area (Å²) in [6, 6.07) is 21.8. The monoisotopic (exact) mass is 509 g/mol. The fourth-order valence-electron chi connectivity index (χ4n) is 5.12. The van der Waals surface area contributed by atoms with Gasteiger partial charge in [-0.2, -0.15) is 0 Å². The minimum atomic E-state index is -0.0890. The van der Waals surface area contributed by atoms with E-state index in [-0.39, 0.29) is 23.7 Å². The van der Waals surface area contributed by atoms with E-state index < -0.39 is 0 Å². The van der Waals surface area contributed by atoms with E-state index in [1.807, 2.05) is 61.2 Å². The molecule has 6 nitrogen and oxygen atoms in total. The number of nitrogens with one attached hydrogen (secondary N) is 1. The molecular weight excluding hydrogens is 474 g/mol. The van der Waals surface area contributed by atoms with Crippen molar-refractivity contribution < 1.29 is 14.0 Å². The molecule has 5 rings (SSSR count). The van der Waals surface area contributed by atoms with Crippen LogP contribution in [0.25, 0.3) is 22.6 Å². The van der Waals surface area contributed by atoms with E-state index in [0.717, 1.165) is 30.4 Å². The summed E-state index contributed by atoms with van der Waals surface area (Å²) in [5.41, 5.74) is 6.44. The molecule has 2 heterocycles. The third-order valence-corrected chi connectivity index (χ3v) is 7.78. The van der Waals surface area contributed by atoms with Gasteiger partial charge in [0.1, 0.15) is 5.52 Å². The highest BCUT2D eigenvalue weighted by Gasteiger charge is 2.30. The van der Waals surface area contributed by atoms with Gasteiger partial charge < -0.3 is 14.6 Å². The minimum absolute atomic E-state index is 0.00198. The van der Waals surface area contributed by atoms with Gasteiger partial charge in [-0.1, -0.05) is 55.8 Å². The maximum absolute atomic E-state index is 13.3.